The van der Waals surface area contributed by atoms with E-state index < -0.39 is 0 Å². The van der Waals surface area contributed by atoms with Crippen molar-refractivity contribution in [3.05, 3.63) is 12.7 Å². The number of hydrogen-bond donors (Lipinski definition) is 1. The molecule has 0 aliphatic carbocycles. The second-order valence-corrected chi connectivity index (χ2v) is 3.32. The van der Waals surface area contributed by atoms with Crippen molar-refractivity contribution >= 4 is 0 Å². The molecule has 0 aliphatic rings. The molecule has 0 aromatic rings. The van der Waals surface area contributed by atoms with Gasteiger partial charge in [-0.25, -0.2) is 0 Å². The van der Waals surface area contributed by atoms with Crippen LogP contribution in [0, 0.1) is 5.92 Å². The molecular formula is C11H23N. The molecule has 0 heterocycles. The first-order valence-electron chi connectivity index (χ1n) is 5.16. The van der Waals surface area contributed by atoms with Crippen LogP contribution in [0.2, 0.25) is 0 Å². The Morgan fingerprint density at radius 2 is 2.00 bits per heavy atom. The lowest BCUT2D eigenvalue weighted by Crippen LogP contribution is -2.23. The van der Waals surface area contributed by atoms with Crippen molar-refractivity contribution in [2.24, 2.45) is 5.92 Å². The first kappa shape index (κ1) is 11.7. The molecule has 0 fully saturated rings. The van der Waals surface area contributed by atoms with E-state index >= 15 is 0 Å². The van der Waals surface area contributed by atoms with E-state index in [0.717, 1.165) is 18.9 Å². The van der Waals surface area contributed by atoms with Gasteiger partial charge in [0.05, 0.1) is 0 Å². The highest BCUT2D eigenvalue weighted by molar-refractivity contribution is 4.67. The highest BCUT2D eigenvalue weighted by Gasteiger charge is 2.00. The van der Waals surface area contributed by atoms with Crippen molar-refractivity contribution in [1.82, 2.24) is 5.32 Å². The number of rotatable bonds is 8. The van der Waals surface area contributed by atoms with E-state index in [-0.39, 0.29) is 0 Å². The van der Waals surface area contributed by atoms with E-state index in [0.29, 0.717) is 0 Å². The summed E-state index contributed by atoms with van der Waals surface area (Å²) < 4.78 is 0. The summed E-state index contributed by atoms with van der Waals surface area (Å²) in [5.74, 6) is 0.869. The third kappa shape index (κ3) is 6.41. The molecule has 0 aromatic carbocycles. The lowest BCUT2D eigenvalue weighted by molar-refractivity contribution is 0.448. The molecule has 0 atom stereocenters. The van der Waals surface area contributed by atoms with Gasteiger partial charge in [-0.3, -0.25) is 0 Å². The second-order valence-electron chi connectivity index (χ2n) is 3.32. The fraction of sp³-hybridized carbons (Fsp3) is 0.818. The van der Waals surface area contributed by atoms with Gasteiger partial charge in [0.2, 0.25) is 0 Å². The zero-order chi connectivity index (χ0) is 9.23. The van der Waals surface area contributed by atoms with E-state index in [1.165, 1.54) is 25.8 Å². The summed E-state index contributed by atoms with van der Waals surface area (Å²) in [6.45, 7) is 10.6. The van der Waals surface area contributed by atoms with Gasteiger partial charge in [-0.1, -0.05) is 32.8 Å². The van der Waals surface area contributed by atoms with Gasteiger partial charge >= 0.3 is 0 Å². The van der Waals surface area contributed by atoms with Gasteiger partial charge in [0.15, 0.2) is 0 Å². The summed E-state index contributed by atoms with van der Waals surface area (Å²) in [5.41, 5.74) is 0. The smallest absolute Gasteiger partial charge is 0.00207 e. The SMILES string of the molecule is C=CCCCNCC(CC)CC. The summed E-state index contributed by atoms with van der Waals surface area (Å²) >= 11 is 0. The molecule has 1 heteroatoms. The molecular weight excluding hydrogens is 146 g/mol. The zero-order valence-corrected chi connectivity index (χ0v) is 8.60. The minimum absolute atomic E-state index is 0.869. The van der Waals surface area contributed by atoms with Gasteiger partial charge in [-0.05, 0) is 31.8 Å². The number of nitrogens with one attached hydrogen (secondary N) is 1. The average Bonchev–Trinajstić information content (AvgIpc) is 2.11. The van der Waals surface area contributed by atoms with Crippen molar-refractivity contribution in [2.45, 2.75) is 39.5 Å². The molecule has 1 nitrogen and oxygen atoms in total. The first-order valence-corrected chi connectivity index (χ1v) is 5.16. The predicted molar refractivity (Wildman–Crippen MR) is 56.4 cm³/mol. The van der Waals surface area contributed by atoms with Crippen molar-refractivity contribution < 1.29 is 0 Å². The number of unbranched alkanes of at least 4 members (excludes halogenated alkanes) is 1. The lowest BCUT2D eigenvalue weighted by atomic mass is 10.0. The lowest BCUT2D eigenvalue weighted by Gasteiger charge is -2.12. The third-order valence-electron chi connectivity index (χ3n) is 2.35. The molecule has 0 saturated carbocycles. The maximum Gasteiger partial charge on any atom is -0.00207 e. The van der Waals surface area contributed by atoms with Crippen LogP contribution in [0.4, 0.5) is 0 Å². The summed E-state index contributed by atoms with van der Waals surface area (Å²) in [7, 11) is 0. The molecule has 0 amide bonds. The molecule has 0 bridgehead atoms. The van der Waals surface area contributed by atoms with Crippen LogP contribution in [0.1, 0.15) is 39.5 Å². The Labute approximate surface area is 77.2 Å². The Morgan fingerprint density at radius 3 is 2.50 bits per heavy atom. The Kier molecular flexibility index (Phi) is 8.57. The monoisotopic (exact) mass is 169 g/mol. The van der Waals surface area contributed by atoms with Crippen LogP contribution in [0.25, 0.3) is 0 Å². The molecule has 1 N–H and O–H groups in total. The molecule has 12 heavy (non-hydrogen) atoms. The molecule has 0 unspecified atom stereocenters. The quantitative estimate of drug-likeness (QED) is 0.435. The van der Waals surface area contributed by atoms with E-state index in [1.807, 2.05) is 6.08 Å². The van der Waals surface area contributed by atoms with Crippen molar-refractivity contribution in [3.63, 3.8) is 0 Å². The molecule has 0 aromatic heterocycles. The second kappa shape index (κ2) is 8.79. The van der Waals surface area contributed by atoms with Gasteiger partial charge in [0.25, 0.3) is 0 Å². The number of hydrogen-bond acceptors (Lipinski definition) is 1. The minimum atomic E-state index is 0.869. The van der Waals surface area contributed by atoms with Crippen LogP contribution in [0.3, 0.4) is 0 Å². The molecule has 0 saturated heterocycles. The maximum atomic E-state index is 3.70. The van der Waals surface area contributed by atoms with Gasteiger partial charge < -0.3 is 5.32 Å². The summed E-state index contributed by atoms with van der Waals surface area (Å²) in [6, 6.07) is 0. The van der Waals surface area contributed by atoms with E-state index in [9.17, 15) is 0 Å². The Balaban J connectivity index is 3.11. The normalized spacial score (nSPS) is 10.6. The molecule has 0 radical (unpaired) electrons. The topological polar surface area (TPSA) is 12.0 Å². The van der Waals surface area contributed by atoms with Crippen LogP contribution in [-0.4, -0.2) is 13.1 Å². The van der Waals surface area contributed by atoms with Crippen LogP contribution in [-0.2, 0) is 0 Å². The average molecular weight is 169 g/mol. The molecule has 72 valence electrons. The van der Waals surface area contributed by atoms with Crippen LogP contribution in [0.15, 0.2) is 12.7 Å². The molecule has 0 spiro atoms. The zero-order valence-electron chi connectivity index (χ0n) is 8.60. The summed E-state index contributed by atoms with van der Waals surface area (Å²) in [6.07, 6.45) is 6.94. The molecule has 0 rings (SSSR count). The fourth-order valence-corrected chi connectivity index (χ4v) is 1.25. The van der Waals surface area contributed by atoms with E-state index in [4.69, 9.17) is 0 Å². The van der Waals surface area contributed by atoms with Crippen LogP contribution in [0.5, 0.6) is 0 Å². The van der Waals surface area contributed by atoms with Gasteiger partial charge in [0, 0.05) is 0 Å². The Bertz CT molecular complexity index is 95.2. The predicted octanol–water partition coefficient (Wildman–Crippen LogP) is 2.98. The highest BCUT2D eigenvalue weighted by Crippen LogP contribution is 2.04. The first-order chi connectivity index (χ1) is 5.85. The maximum absolute atomic E-state index is 3.70. The number of allylic oxidation sites excluding steroid dienone is 1. The van der Waals surface area contributed by atoms with E-state index in [2.05, 4.69) is 25.7 Å². The molecule has 0 aliphatic heterocycles. The van der Waals surface area contributed by atoms with Gasteiger partial charge in [-0.15, -0.1) is 6.58 Å². The van der Waals surface area contributed by atoms with Crippen molar-refractivity contribution in [3.8, 4) is 0 Å². The Hall–Kier alpha value is -0.300. The third-order valence-corrected chi connectivity index (χ3v) is 2.35. The summed E-state index contributed by atoms with van der Waals surface area (Å²) in [4.78, 5) is 0. The largest absolute Gasteiger partial charge is 0.316 e. The van der Waals surface area contributed by atoms with E-state index in [1.54, 1.807) is 0 Å². The minimum Gasteiger partial charge on any atom is -0.316 e. The standard InChI is InChI=1S/C11H23N/c1-4-7-8-9-12-10-11(5-2)6-3/h4,11-12H,1,5-10H2,2-3H3. The van der Waals surface area contributed by atoms with Crippen LogP contribution >= 0.6 is 0 Å². The van der Waals surface area contributed by atoms with Crippen molar-refractivity contribution in [1.29, 1.82) is 0 Å². The van der Waals surface area contributed by atoms with Gasteiger partial charge in [0.1, 0.15) is 0 Å². The van der Waals surface area contributed by atoms with Gasteiger partial charge in [-0.2, -0.15) is 0 Å². The van der Waals surface area contributed by atoms with Crippen molar-refractivity contribution in [2.75, 3.05) is 13.1 Å². The summed E-state index contributed by atoms with van der Waals surface area (Å²) in [5, 5.41) is 3.47. The fourth-order valence-electron chi connectivity index (χ4n) is 1.25. The Morgan fingerprint density at radius 1 is 1.33 bits per heavy atom. The highest BCUT2D eigenvalue weighted by atomic mass is 14.8. The van der Waals surface area contributed by atoms with Crippen LogP contribution < -0.4 is 5.32 Å².